The van der Waals surface area contributed by atoms with Gasteiger partial charge in [-0.2, -0.15) is 0 Å². The summed E-state index contributed by atoms with van der Waals surface area (Å²) in [5, 5.41) is 2.25. The average molecular weight is 718 g/mol. The molecule has 0 N–H and O–H groups in total. The summed E-state index contributed by atoms with van der Waals surface area (Å²) >= 11 is 0. The zero-order valence-electron chi connectivity index (χ0n) is 30.5. The molecule has 0 atom stereocenters. The number of fused-ring (bicyclic) bond motifs is 3. The van der Waals surface area contributed by atoms with Crippen molar-refractivity contribution in [2.45, 2.75) is 0 Å². The van der Waals surface area contributed by atoms with E-state index in [1.807, 2.05) is 48.5 Å². The van der Waals surface area contributed by atoms with Crippen LogP contribution in [0.4, 0.5) is 17.1 Å². The van der Waals surface area contributed by atoms with Gasteiger partial charge in [0.15, 0.2) is 5.82 Å². The maximum absolute atomic E-state index is 6.10. The van der Waals surface area contributed by atoms with E-state index in [4.69, 9.17) is 14.4 Å². The summed E-state index contributed by atoms with van der Waals surface area (Å²) in [5.74, 6) is 0.700. The van der Waals surface area contributed by atoms with Gasteiger partial charge in [-0.1, -0.05) is 152 Å². The number of nitrogens with zero attached hydrogens (tertiary/aromatic N) is 3. The number of benzene rings is 8. The smallest absolute Gasteiger partial charge is 0.160 e. The van der Waals surface area contributed by atoms with Gasteiger partial charge in [0.05, 0.1) is 11.4 Å². The van der Waals surface area contributed by atoms with E-state index in [0.717, 1.165) is 78.2 Å². The van der Waals surface area contributed by atoms with Crippen molar-refractivity contribution >= 4 is 39.0 Å². The predicted molar refractivity (Wildman–Crippen MR) is 231 cm³/mol. The Morgan fingerprint density at radius 1 is 0.304 bits per heavy atom. The third-order valence-corrected chi connectivity index (χ3v) is 10.3. The second-order valence-electron chi connectivity index (χ2n) is 13.8. The van der Waals surface area contributed by atoms with Crippen molar-refractivity contribution < 1.29 is 4.42 Å². The van der Waals surface area contributed by atoms with E-state index in [2.05, 4.69) is 169 Å². The van der Waals surface area contributed by atoms with Crippen LogP contribution < -0.4 is 4.90 Å². The van der Waals surface area contributed by atoms with Crippen LogP contribution in [-0.2, 0) is 0 Å². The van der Waals surface area contributed by atoms with E-state index in [-0.39, 0.29) is 0 Å². The van der Waals surface area contributed by atoms with Gasteiger partial charge in [0, 0.05) is 44.5 Å². The lowest BCUT2D eigenvalue weighted by atomic mass is 10.0. The SMILES string of the molecule is c1ccc(-c2ccc(N(c3ccc(-c4ccc5oc6ccccc6c5c4)cc3)c3ccc(-c4cc(-c5ccccc5)nc(-c5ccccc5)n4)cc3)cc2)cc1. The molecule has 56 heavy (non-hydrogen) atoms. The molecular weight excluding hydrogens is 683 g/mol. The number of rotatable bonds is 8. The van der Waals surface area contributed by atoms with Crippen LogP contribution in [0.5, 0.6) is 0 Å². The Labute approximate surface area is 325 Å². The summed E-state index contributed by atoms with van der Waals surface area (Å²) in [5.41, 5.74) is 14.4. The minimum Gasteiger partial charge on any atom is -0.456 e. The summed E-state index contributed by atoms with van der Waals surface area (Å²) in [6.45, 7) is 0. The molecule has 10 rings (SSSR count). The fraction of sp³-hybridized carbons (Fsp3) is 0. The number of hydrogen-bond donors (Lipinski definition) is 0. The zero-order valence-corrected chi connectivity index (χ0v) is 30.5. The molecule has 10 aromatic rings. The molecule has 4 heteroatoms. The Balaban J connectivity index is 1.03. The first-order valence-corrected chi connectivity index (χ1v) is 18.8. The third-order valence-electron chi connectivity index (χ3n) is 10.3. The quantitative estimate of drug-likeness (QED) is 0.157. The minimum atomic E-state index is 0.700. The molecular formula is C52H35N3O. The predicted octanol–water partition coefficient (Wildman–Crippen LogP) is 14.2. The lowest BCUT2D eigenvalue weighted by Gasteiger charge is -2.26. The second kappa shape index (κ2) is 14.3. The van der Waals surface area contributed by atoms with Crippen LogP contribution in [0.25, 0.3) is 78.1 Å². The topological polar surface area (TPSA) is 42.2 Å². The first kappa shape index (κ1) is 33.0. The van der Waals surface area contributed by atoms with Crippen molar-refractivity contribution in [3.63, 3.8) is 0 Å². The van der Waals surface area contributed by atoms with Gasteiger partial charge in [0.1, 0.15) is 11.2 Å². The van der Waals surface area contributed by atoms with Gasteiger partial charge < -0.3 is 9.32 Å². The van der Waals surface area contributed by atoms with Gasteiger partial charge >= 0.3 is 0 Å². The van der Waals surface area contributed by atoms with Crippen LogP contribution in [0.1, 0.15) is 0 Å². The van der Waals surface area contributed by atoms with Crippen LogP contribution in [-0.4, -0.2) is 9.97 Å². The summed E-state index contributed by atoms with van der Waals surface area (Å²) in [7, 11) is 0. The van der Waals surface area contributed by atoms with E-state index in [0.29, 0.717) is 5.82 Å². The lowest BCUT2D eigenvalue weighted by molar-refractivity contribution is 0.669. The molecule has 0 spiro atoms. The molecule has 0 unspecified atom stereocenters. The van der Waals surface area contributed by atoms with Crippen molar-refractivity contribution in [1.29, 1.82) is 0 Å². The molecule has 0 aliphatic carbocycles. The highest BCUT2D eigenvalue weighted by atomic mass is 16.3. The van der Waals surface area contributed by atoms with Crippen LogP contribution in [0.15, 0.2) is 217 Å². The largest absolute Gasteiger partial charge is 0.456 e. The first-order chi connectivity index (χ1) is 27.7. The molecule has 2 aromatic heterocycles. The van der Waals surface area contributed by atoms with Gasteiger partial charge in [0.25, 0.3) is 0 Å². The van der Waals surface area contributed by atoms with E-state index in [9.17, 15) is 0 Å². The number of anilines is 3. The number of aromatic nitrogens is 2. The molecule has 4 nitrogen and oxygen atoms in total. The van der Waals surface area contributed by atoms with Crippen molar-refractivity contribution in [2.75, 3.05) is 4.90 Å². The molecule has 0 aliphatic rings. The van der Waals surface area contributed by atoms with Crippen LogP contribution >= 0.6 is 0 Å². The van der Waals surface area contributed by atoms with Crippen LogP contribution in [0, 0.1) is 0 Å². The molecule has 0 aliphatic heterocycles. The van der Waals surface area contributed by atoms with Crippen molar-refractivity contribution in [3.8, 4) is 56.2 Å². The Hall–Kier alpha value is -7.56. The molecule has 264 valence electrons. The summed E-state index contributed by atoms with van der Waals surface area (Å²) in [6, 6.07) is 74.0. The number of hydrogen-bond acceptors (Lipinski definition) is 4. The summed E-state index contributed by atoms with van der Waals surface area (Å²) < 4.78 is 6.10. The van der Waals surface area contributed by atoms with Crippen LogP contribution in [0.2, 0.25) is 0 Å². The van der Waals surface area contributed by atoms with Crippen molar-refractivity contribution in [2.24, 2.45) is 0 Å². The van der Waals surface area contributed by atoms with Gasteiger partial charge in [0.2, 0.25) is 0 Å². The summed E-state index contributed by atoms with van der Waals surface area (Å²) in [4.78, 5) is 12.4. The van der Waals surface area contributed by atoms with Crippen molar-refractivity contribution in [3.05, 3.63) is 212 Å². The average Bonchev–Trinajstić information content (AvgIpc) is 3.66. The molecule has 8 aromatic carbocycles. The molecule has 0 fully saturated rings. The summed E-state index contributed by atoms with van der Waals surface area (Å²) in [6.07, 6.45) is 0. The van der Waals surface area contributed by atoms with Gasteiger partial charge in [-0.15, -0.1) is 0 Å². The maximum atomic E-state index is 6.10. The van der Waals surface area contributed by atoms with E-state index >= 15 is 0 Å². The highest BCUT2D eigenvalue weighted by molar-refractivity contribution is 6.06. The molecule has 0 radical (unpaired) electrons. The highest BCUT2D eigenvalue weighted by Crippen LogP contribution is 2.39. The Morgan fingerprint density at radius 2 is 0.714 bits per heavy atom. The van der Waals surface area contributed by atoms with Crippen molar-refractivity contribution in [1.82, 2.24) is 9.97 Å². The molecule has 0 saturated heterocycles. The Kier molecular flexibility index (Phi) is 8.47. The maximum Gasteiger partial charge on any atom is 0.160 e. The van der Waals surface area contributed by atoms with Crippen LogP contribution in [0.3, 0.4) is 0 Å². The molecule has 0 bridgehead atoms. The first-order valence-electron chi connectivity index (χ1n) is 18.8. The fourth-order valence-corrected chi connectivity index (χ4v) is 7.44. The minimum absolute atomic E-state index is 0.700. The number of furan rings is 1. The third kappa shape index (κ3) is 6.40. The standard InChI is InChI=1S/C52H35N3O/c1-4-12-36(13-5-1)37-20-27-43(28-21-37)55(44-29-22-38(23-30-44)42-26-33-51-47(34-42)46-18-10-11-19-50(46)56-51)45-31-24-40(25-32-45)49-35-48(39-14-6-2-7-15-39)53-52(54-49)41-16-8-3-9-17-41/h1-35H. The van der Waals surface area contributed by atoms with Gasteiger partial charge in [-0.05, 0) is 82.9 Å². The molecule has 2 heterocycles. The highest BCUT2D eigenvalue weighted by Gasteiger charge is 2.16. The lowest BCUT2D eigenvalue weighted by Crippen LogP contribution is -2.09. The monoisotopic (exact) mass is 717 g/mol. The second-order valence-corrected chi connectivity index (χ2v) is 13.8. The normalized spacial score (nSPS) is 11.2. The van der Waals surface area contributed by atoms with E-state index < -0.39 is 0 Å². The Morgan fingerprint density at radius 3 is 1.30 bits per heavy atom. The fourth-order valence-electron chi connectivity index (χ4n) is 7.44. The van der Waals surface area contributed by atoms with Gasteiger partial charge in [-0.3, -0.25) is 0 Å². The Bertz CT molecular complexity index is 2860. The van der Waals surface area contributed by atoms with E-state index in [1.54, 1.807) is 0 Å². The molecule has 0 amide bonds. The zero-order chi connectivity index (χ0) is 37.3. The number of para-hydroxylation sites is 1. The molecule has 0 saturated carbocycles. The van der Waals surface area contributed by atoms with E-state index in [1.165, 1.54) is 11.1 Å². The van der Waals surface area contributed by atoms with Gasteiger partial charge in [-0.25, -0.2) is 9.97 Å².